The van der Waals surface area contributed by atoms with E-state index in [0.29, 0.717) is 32.2 Å². The normalized spacial score (nSPS) is 19.5. The lowest BCUT2D eigenvalue weighted by Crippen LogP contribution is -2.47. The number of nitrogens with zero attached hydrogens (tertiary/aromatic N) is 1. The molecule has 0 aromatic heterocycles. The predicted molar refractivity (Wildman–Crippen MR) is 97.1 cm³/mol. The molecule has 8 heteroatoms. The highest BCUT2D eigenvalue weighted by atomic mass is 16.7. The Kier molecular flexibility index (Phi) is 7.90. The van der Waals surface area contributed by atoms with E-state index in [1.807, 2.05) is 30.3 Å². The maximum Gasteiger partial charge on any atom is 0.323 e. The third-order valence-electron chi connectivity index (χ3n) is 4.66. The van der Waals surface area contributed by atoms with Gasteiger partial charge in [0.15, 0.2) is 5.78 Å². The van der Waals surface area contributed by atoms with Gasteiger partial charge in [-0.25, -0.2) is 0 Å². The average molecular weight is 378 g/mol. The van der Waals surface area contributed by atoms with Crippen LogP contribution >= 0.6 is 0 Å². The SMILES string of the molecule is C[C@H](NC(CCc1ccccc1)C(=O)O)C(=O)CON1CCCC1C(=O)O. The van der Waals surface area contributed by atoms with E-state index in [1.54, 1.807) is 6.92 Å². The zero-order valence-corrected chi connectivity index (χ0v) is 15.3. The van der Waals surface area contributed by atoms with E-state index < -0.39 is 30.1 Å². The number of nitrogens with one attached hydrogen (secondary N) is 1. The lowest BCUT2D eigenvalue weighted by atomic mass is 10.0. The molecule has 0 amide bonds. The van der Waals surface area contributed by atoms with Crippen molar-refractivity contribution in [1.29, 1.82) is 0 Å². The molecule has 8 nitrogen and oxygen atoms in total. The maximum atomic E-state index is 12.3. The molecule has 1 saturated heterocycles. The van der Waals surface area contributed by atoms with E-state index in [4.69, 9.17) is 9.94 Å². The first-order valence-electron chi connectivity index (χ1n) is 9.06. The van der Waals surface area contributed by atoms with Gasteiger partial charge in [0.05, 0.1) is 6.04 Å². The minimum Gasteiger partial charge on any atom is -0.480 e. The van der Waals surface area contributed by atoms with Crippen LogP contribution in [-0.2, 0) is 25.6 Å². The largest absolute Gasteiger partial charge is 0.480 e. The molecule has 1 aliphatic rings. The van der Waals surface area contributed by atoms with Gasteiger partial charge in [-0.3, -0.25) is 24.5 Å². The van der Waals surface area contributed by atoms with Crippen LogP contribution < -0.4 is 5.32 Å². The van der Waals surface area contributed by atoms with Crippen molar-refractivity contribution in [3.05, 3.63) is 35.9 Å². The van der Waals surface area contributed by atoms with E-state index in [2.05, 4.69) is 5.32 Å². The summed E-state index contributed by atoms with van der Waals surface area (Å²) in [5.74, 6) is -2.31. The first-order valence-corrected chi connectivity index (χ1v) is 9.06. The number of rotatable bonds is 11. The Bertz CT molecular complexity index is 651. The number of Topliss-reactive ketones (excluding diaryl/α,β-unsaturated/α-hetero) is 1. The number of carbonyl (C=O) groups excluding carboxylic acids is 1. The second kappa shape index (κ2) is 10.1. The summed E-state index contributed by atoms with van der Waals surface area (Å²) in [7, 11) is 0. The van der Waals surface area contributed by atoms with Crippen LogP contribution in [0.2, 0.25) is 0 Å². The number of ketones is 1. The molecule has 0 aliphatic carbocycles. The number of hydrogen-bond donors (Lipinski definition) is 3. The lowest BCUT2D eigenvalue weighted by Gasteiger charge is -2.23. The minimum absolute atomic E-state index is 0.289. The van der Waals surface area contributed by atoms with Gasteiger partial charge in [-0.15, -0.1) is 0 Å². The van der Waals surface area contributed by atoms with Crippen molar-refractivity contribution in [1.82, 2.24) is 10.4 Å². The van der Waals surface area contributed by atoms with Gasteiger partial charge in [-0.2, -0.15) is 5.06 Å². The fourth-order valence-electron chi connectivity index (χ4n) is 3.04. The van der Waals surface area contributed by atoms with Crippen LogP contribution in [0.15, 0.2) is 30.3 Å². The molecule has 1 aromatic rings. The van der Waals surface area contributed by atoms with Crippen LogP contribution in [0.1, 0.15) is 31.7 Å². The van der Waals surface area contributed by atoms with Crippen molar-refractivity contribution in [3.63, 3.8) is 0 Å². The molecule has 1 aliphatic heterocycles. The summed E-state index contributed by atoms with van der Waals surface area (Å²) in [4.78, 5) is 40.2. The molecule has 0 bridgehead atoms. The van der Waals surface area contributed by atoms with E-state index in [-0.39, 0.29) is 12.4 Å². The van der Waals surface area contributed by atoms with Gasteiger partial charge in [0.1, 0.15) is 18.7 Å². The molecule has 27 heavy (non-hydrogen) atoms. The Balaban J connectivity index is 1.81. The quantitative estimate of drug-likeness (QED) is 0.524. The van der Waals surface area contributed by atoms with Gasteiger partial charge >= 0.3 is 11.9 Å². The Morgan fingerprint density at radius 2 is 1.96 bits per heavy atom. The average Bonchev–Trinajstić information content (AvgIpc) is 3.12. The number of carbonyl (C=O) groups is 3. The second-order valence-corrected chi connectivity index (χ2v) is 6.68. The highest BCUT2D eigenvalue weighted by Gasteiger charge is 2.32. The number of carboxylic acid groups (broad SMARTS) is 2. The van der Waals surface area contributed by atoms with Crippen molar-refractivity contribution in [2.75, 3.05) is 13.2 Å². The highest BCUT2D eigenvalue weighted by Crippen LogP contribution is 2.17. The molecule has 1 heterocycles. The Labute approximate surface area is 158 Å². The van der Waals surface area contributed by atoms with Crippen LogP contribution in [-0.4, -0.2) is 64.3 Å². The molecule has 0 spiro atoms. The van der Waals surface area contributed by atoms with Crippen LogP contribution in [0.4, 0.5) is 0 Å². The number of aryl methyl sites for hydroxylation is 1. The monoisotopic (exact) mass is 378 g/mol. The smallest absolute Gasteiger partial charge is 0.323 e. The highest BCUT2D eigenvalue weighted by molar-refractivity contribution is 5.85. The second-order valence-electron chi connectivity index (χ2n) is 6.68. The van der Waals surface area contributed by atoms with Gasteiger partial charge in [0.2, 0.25) is 0 Å². The van der Waals surface area contributed by atoms with E-state index in [1.165, 1.54) is 5.06 Å². The van der Waals surface area contributed by atoms with Gasteiger partial charge in [-0.05, 0) is 38.2 Å². The van der Waals surface area contributed by atoms with Gasteiger partial charge in [0, 0.05) is 6.54 Å². The standard InChI is InChI=1S/C19H26N2O6/c1-13(17(22)12-27-21-11-5-8-16(21)19(25)26)20-15(18(23)24)10-9-14-6-3-2-4-7-14/h2-4,6-7,13,15-16,20H,5,8-12H2,1H3,(H,23,24)(H,25,26)/t13-,15?,16?/m0/s1. The third-order valence-corrected chi connectivity index (χ3v) is 4.66. The van der Waals surface area contributed by atoms with Gasteiger partial charge in [-0.1, -0.05) is 30.3 Å². The Morgan fingerprint density at radius 3 is 2.59 bits per heavy atom. The number of carboxylic acids is 2. The zero-order valence-electron chi connectivity index (χ0n) is 15.3. The Hall–Kier alpha value is -2.29. The summed E-state index contributed by atoms with van der Waals surface area (Å²) in [6.45, 7) is 1.76. The van der Waals surface area contributed by atoms with E-state index in [0.717, 1.165) is 5.56 Å². The molecule has 2 rings (SSSR count). The predicted octanol–water partition coefficient (Wildman–Crippen LogP) is 1.10. The lowest BCUT2D eigenvalue weighted by molar-refractivity contribution is -0.189. The minimum atomic E-state index is -1.02. The van der Waals surface area contributed by atoms with Gasteiger partial charge in [0.25, 0.3) is 0 Å². The molecule has 1 fully saturated rings. The fourth-order valence-corrected chi connectivity index (χ4v) is 3.04. The first-order chi connectivity index (χ1) is 12.9. The van der Waals surface area contributed by atoms with Crippen molar-refractivity contribution >= 4 is 17.7 Å². The molecule has 2 unspecified atom stereocenters. The fraction of sp³-hybridized carbons (Fsp3) is 0.526. The van der Waals surface area contributed by atoms with Crippen molar-refractivity contribution in [3.8, 4) is 0 Å². The zero-order chi connectivity index (χ0) is 19.8. The van der Waals surface area contributed by atoms with E-state index in [9.17, 15) is 19.5 Å². The summed E-state index contributed by atoms with van der Waals surface area (Å²) in [6, 6.07) is 7.23. The summed E-state index contributed by atoms with van der Waals surface area (Å²) in [5.41, 5.74) is 1.03. The van der Waals surface area contributed by atoms with Crippen LogP contribution in [0, 0.1) is 0 Å². The molecule has 0 saturated carbocycles. The summed E-state index contributed by atoms with van der Waals surface area (Å²) >= 11 is 0. The van der Waals surface area contributed by atoms with Crippen LogP contribution in [0.3, 0.4) is 0 Å². The molecule has 3 N–H and O–H groups in total. The van der Waals surface area contributed by atoms with Crippen LogP contribution in [0.5, 0.6) is 0 Å². The molecule has 0 radical (unpaired) electrons. The molecular weight excluding hydrogens is 352 g/mol. The number of benzene rings is 1. The number of aliphatic carboxylic acids is 2. The summed E-state index contributed by atoms with van der Waals surface area (Å²) < 4.78 is 0. The van der Waals surface area contributed by atoms with E-state index >= 15 is 0 Å². The summed E-state index contributed by atoms with van der Waals surface area (Å²) in [5, 5.41) is 22.7. The third kappa shape index (κ3) is 6.42. The molecule has 148 valence electrons. The topological polar surface area (TPSA) is 116 Å². The van der Waals surface area contributed by atoms with Crippen LogP contribution in [0.25, 0.3) is 0 Å². The van der Waals surface area contributed by atoms with Crippen molar-refractivity contribution < 1.29 is 29.4 Å². The Morgan fingerprint density at radius 1 is 1.26 bits per heavy atom. The molecule has 3 atom stereocenters. The summed E-state index contributed by atoms with van der Waals surface area (Å²) in [6.07, 6.45) is 2.11. The number of hydrogen-bond acceptors (Lipinski definition) is 6. The van der Waals surface area contributed by atoms with Gasteiger partial charge < -0.3 is 10.2 Å². The molecular formula is C19H26N2O6. The molecule has 1 aromatic carbocycles. The maximum absolute atomic E-state index is 12.3. The first kappa shape index (κ1) is 21.0. The number of hydroxylamine groups is 2. The van der Waals surface area contributed by atoms with Crippen molar-refractivity contribution in [2.24, 2.45) is 0 Å². The van der Waals surface area contributed by atoms with Crippen molar-refractivity contribution in [2.45, 2.75) is 50.7 Å².